The lowest BCUT2D eigenvalue weighted by Gasteiger charge is -2.32. The fourth-order valence-corrected chi connectivity index (χ4v) is 4.55. The van der Waals surface area contributed by atoms with Crippen LogP contribution in [0.4, 0.5) is 0 Å². The predicted octanol–water partition coefficient (Wildman–Crippen LogP) is 3.43. The van der Waals surface area contributed by atoms with E-state index in [-0.39, 0.29) is 18.4 Å². The summed E-state index contributed by atoms with van der Waals surface area (Å²) in [5, 5.41) is 13.6. The molecule has 1 fully saturated rings. The highest BCUT2D eigenvalue weighted by Gasteiger charge is 2.32. The molecular formula is C17H23NO2S. The maximum Gasteiger partial charge on any atom is 0.223 e. The van der Waals surface area contributed by atoms with Crippen molar-refractivity contribution >= 4 is 17.7 Å². The van der Waals surface area contributed by atoms with E-state index >= 15 is 0 Å². The molecule has 114 valence electrons. The molecule has 1 aliphatic carbocycles. The molecule has 1 unspecified atom stereocenters. The Hall–Kier alpha value is -1.00. The van der Waals surface area contributed by atoms with Gasteiger partial charge in [0, 0.05) is 10.6 Å². The van der Waals surface area contributed by atoms with Crippen LogP contribution in [0.5, 0.6) is 0 Å². The number of aliphatic hydroxyl groups is 1. The summed E-state index contributed by atoms with van der Waals surface area (Å²) in [5.74, 6) is 1.03. The van der Waals surface area contributed by atoms with Gasteiger partial charge in [0.2, 0.25) is 5.91 Å². The lowest BCUT2D eigenvalue weighted by atomic mass is 9.82. The number of hydrogen-bond donors (Lipinski definition) is 2. The van der Waals surface area contributed by atoms with Crippen LogP contribution in [0, 0.1) is 0 Å². The third kappa shape index (κ3) is 3.61. The minimum atomic E-state index is -0.773. The van der Waals surface area contributed by atoms with Crippen molar-refractivity contribution in [3.63, 3.8) is 0 Å². The Morgan fingerprint density at radius 2 is 2.05 bits per heavy atom. The number of rotatable bonds is 3. The van der Waals surface area contributed by atoms with Gasteiger partial charge in [-0.15, -0.1) is 11.8 Å². The molecule has 1 aromatic carbocycles. The first-order chi connectivity index (χ1) is 10.2. The number of nitrogens with one attached hydrogen (secondary N) is 1. The van der Waals surface area contributed by atoms with Gasteiger partial charge in [0.05, 0.1) is 18.1 Å². The van der Waals surface area contributed by atoms with Gasteiger partial charge in [-0.05, 0) is 30.9 Å². The van der Waals surface area contributed by atoms with E-state index in [0.717, 1.165) is 37.9 Å². The van der Waals surface area contributed by atoms with Crippen molar-refractivity contribution in [2.45, 2.75) is 61.5 Å². The van der Waals surface area contributed by atoms with Crippen molar-refractivity contribution in [3.05, 3.63) is 29.8 Å². The van der Waals surface area contributed by atoms with Gasteiger partial charge in [-0.3, -0.25) is 4.79 Å². The van der Waals surface area contributed by atoms with Crippen LogP contribution in [0.25, 0.3) is 0 Å². The molecular weight excluding hydrogens is 282 g/mol. The molecule has 1 amide bonds. The second-order valence-corrected chi connectivity index (χ2v) is 7.39. The highest BCUT2D eigenvalue weighted by atomic mass is 32.2. The molecule has 0 bridgehead atoms. The van der Waals surface area contributed by atoms with E-state index in [2.05, 4.69) is 17.4 Å². The molecule has 1 saturated carbocycles. The topological polar surface area (TPSA) is 49.3 Å². The van der Waals surface area contributed by atoms with Crippen molar-refractivity contribution < 1.29 is 9.90 Å². The standard InChI is InChI=1S/C17H23NO2S/c19-16(12-17(20)9-4-1-5-10-17)18-14-8-11-21-15-7-3-2-6-13(14)15/h2-3,6-7,14,20H,1,4-5,8-12H2,(H,18,19). The molecule has 2 aliphatic rings. The molecule has 21 heavy (non-hydrogen) atoms. The van der Waals surface area contributed by atoms with E-state index in [1.807, 2.05) is 23.9 Å². The predicted molar refractivity (Wildman–Crippen MR) is 85.3 cm³/mol. The van der Waals surface area contributed by atoms with Crippen LogP contribution >= 0.6 is 11.8 Å². The Kier molecular flexibility index (Phi) is 4.55. The molecule has 0 radical (unpaired) electrons. The van der Waals surface area contributed by atoms with Crippen LogP contribution < -0.4 is 5.32 Å². The molecule has 0 saturated heterocycles. The van der Waals surface area contributed by atoms with Crippen LogP contribution in [-0.4, -0.2) is 22.4 Å². The number of hydrogen-bond acceptors (Lipinski definition) is 3. The van der Waals surface area contributed by atoms with E-state index in [0.29, 0.717) is 0 Å². The first kappa shape index (κ1) is 14.9. The summed E-state index contributed by atoms with van der Waals surface area (Å²) in [6, 6.07) is 8.38. The van der Waals surface area contributed by atoms with Crippen molar-refractivity contribution in [1.29, 1.82) is 0 Å². The SMILES string of the molecule is O=C(CC1(O)CCCCC1)NC1CCSc2ccccc21. The van der Waals surface area contributed by atoms with Crippen LogP contribution in [0.3, 0.4) is 0 Å². The smallest absolute Gasteiger partial charge is 0.223 e. The first-order valence-corrected chi connectivity index (χ1v) is 8.88. The Balaban J connectivity index is 1.63. The van der Waals surface area contributed by atoms with E-state index in [1.165, 1.54) is 16.9 Å². The highest BCUT2D eigenvalue weighted by Crippen LogP contribution is 2.36. The third-order valence-corrected chi connectivity index (χ3v) is 5.69. The number of amides is 1. The molecule has 3 rings (SSSR count). The van der Waals surface area contributed by atoms with Crippen molar-refractivity contribution in [2.75, 3.05) is 5.75 Å². The average Bonchev–Trinajstić information content (AvgIpc) is 2.48. The molecule has 1 aliphatic heterocycles. The molecule has 0 aromatic heterocycles. The van der Waals surface area contributed by atoms with Crippen molar-refractivity contribution in [1.82, 2.24) is 5.32 Å². The molecule has 4 heteroatoms. The van der Waals surface area contributed by atoms with Crippen LogP contribution in [0.2, 0.25) is 0 Å². The average molecular weight is 305 g/mol. The van der Waals surface area contributed by atoms with Gasteiger partial charge in [0.15, 0.2) is 0 Å². The van der Waals surface area contributed by atoms with Crippen molar-refractivity contribution in [3.8, 4) is 0 Å². The maximum absolute atomic E-state index is 12.3. The van der Waals surface area contributed by atoms with Gasteiger partial charge in [-0.25, -0.2) is 0 Å². The summed E-state index contributed by atoms with van der Waals surface area (Å²) < 4.78 is 0. The lowest BCUT2D eigenvalue weighted by Crippen LogP contribution is -2.40. The minimum absolute atomic E-state index is 0.00824. The third-order valence-electron chi connectivity index (χ3n) is 4.57. The zero-order valence-corrected chi connectivity index (χ0v) is 13.1. The number of carbonyl (C=O) groups excluding carboxylic acids is 1. The normalized spacial score (nSPS) is 24.1. The summed E-state index contributed by atoms with van der Waals surface area (Å²) in [6.45, 7) is 0. The number of benzene rings is 1. The van der Waals surface area contributed by atoms with E-state index in [4.69, 9.17) is 0 Å². The summed E-state index contributed by atoms with van der Waals surface area (Å²) in [5.41, 5.74) is 0.448. The van der Waals surface area contributed by atoms with Gasteiger partial charge in [-0.2, -0.15) is 0 Å². The van der Waals surface area contributed by atoms with Gasteiger partial charge in [-0.1, -0.05) is 37.5 Å². The molecule has 1 heterocycles. The molecule has 1 atom stereocenters. The first-order valence-electron chi connectivity index (χ1n) is 7.90. The molecule has 2 N–H and O–H groups in total. The van der Waals surface area contributed by atoms with Gasteiger partial charge >= 0.3 is 0 Å². The highest BCUT2D eigenvalue weighted by molar-refractivity contribution is 7.99. The van der Waals surface area contributed by atoms with E-state index in [9.17, 15) is 9.90 Å². The fourth-order valence-electron chi connectivity index (χ4n) is 3.42. The quantitative estimate of drug-likeness (QED) is 0.899. The summed E-state index contributed by atoms with van der Waals surface area (Å²) in [4.78, 5) is 13.6. The Labute approximate surface area is 130 Å². The Morgan fingerprint density at radius 1 is 1.29 bits per heavy atom. The second kappa shape index (κ2) is 6.41. The van der Waals surface area contributed by atoms with E-state index < -0.39 is 5.60 Å². The van der Waals surface area contributed by atoms with Gasteiger partial charge in [0.25, 0.3) is 0 Å². The Morgan fingerprint density at radius 3 is 2.86 bits per heavy atom. The summed E-state index contributed by atoms with van der Waals surface area (Å²) in [7, 11) is 0. The molecule has 1 aromatic rings. The largest absolute Gasteiger partial charge is 0.389 e. The van der Waals surface area contributed by atoms with Crippen LogP contribution in [0.1, 0.15) is 56.6 Å². The molecule has 0 spiro atoms. The maximum atomic E-state index is 12.3. The van der Waals surface area contributed by atoms with Gasteiger partial charge in [0.1, 0.15) is 0 Å². The number of thioether (sulfide) groups is 1. The Bertz CT molecular complexity index is 511. The fraction of sp³-hybridized carbons (Fsp3) is 0.588. The number of fused-ring (bicyclic) bond motifs is 1. The minimum Gasteiger partial charge on any atom is -0.389 e. The summed E-state index contributed by atoms with van der Waals surface area (Å²) >= 11 is 1.85. The summed E-state index contributed by atoms with van der Waals surface area (Å²) in [6.07, 6.45) is 5.98. The zero-order valence-electron chi connectivity index (χ0n) is 12.3. The number of carbonyl (C=O) groups is 1. The van der Waals surface area contributed by atoms with Crippen LogP contribution in [0.15, 0.2) is 29.2 Å². The van der Waals surface area contributed by atoms with E-state index in [1.54, 1.807) is 0 Å². The zero-order chi connectivity index (χ0) is 14.7. The van der Waals surface area contributed by atoms with Crippen molar-refractivity contribution in [2.24, 2.45) is 0 Å². The monoisotopic (exact) mass is 305 g/mol. The molecule has 3 nitrogen and oxygen atoms in total. The second-order valence-electron chi connectivity index (χ2n) is 6.26. The van der Waals surface area contributed by atoms with Crippen LogP contribution in [-0.2, 0) is 4.79 Å². The van der Waals surface area contributed by atoms with Gasteiger partial charge < -0.3 is 10.4 Å². The lowest BCUT2D eigenvalue weighted by molar-refractivity contribution is -0.128.